The van der Waals surface area contributed by atoms with E-state index < -0.39 is 0 Å². The van der Waals surface area contributed by atoms with Crippen molar-refractivity contribution in [1.82, 2.24) is 4.98 Å². The van der Waals surface area contributed by atoms with Gasteiger partial charge in [-0.3, -0.25) is 0 Å². The van der Waals surface area contributed by atoms with E-state index >= 15 is 0 Å². The predicted molar refractivity (Wildman–Crippen MR) is 71.1 cm³/mol. The van der Waals surface area contributed by atoms with E-state index in [1.54, 1.807) is 0 Å². The number of nitrogens with zero attached hydrogens (tertiary/aromatic N) is 2. The number of nitrogens with one attached hydrogen (secondary N) is 1. The monoisotopic (exact) mass is 219 g/mol. The molecule has 0 saturated carbocycles. The number of allylic oxidation sites excluding steroid dienone is 1. The lowest BCUT2D eigenvalue weighted by Crippen LogP contribution is -2.15. The number of rotatable bonds is 6. The first-order valence-electron chi connectivity index (χ1n) is 5.64. The van der Waals surface area contributed by atoms with Crippen LogP contribution in [0.15, 0.2) is 31.0 Å². The van der Waals surface area contributed by atoms with Gasteiger partial charge in [-0.25, -0.2) is 4.98 Å². The van der Waals surface area contributed by atoms with Gasteiger partial charge in [-0.2, -0.15) is 0 Å². The van der Waals surface area contributed by atoms with Crippen molar-refractivity contribution in [2.75, 3.05) is 24.3 Å². The fourth-order valence-corrected chi connectivity index (χ4v) is 1.46. The van der Waals surface area contributed by atoms with Crippen LogP contribution in [0.1, 0.15) is 19.8 Å². The zero-order valence-corrected chi connectivity index (χ0v) is 10.4. The van der Waals surface area contributed by atoms with Crippen LogP contribution in [0, 0.1) is 0 Å². The lowest BCUT2D eigenvalue weighted by atomic mass is 10.2. The molecule has 1 heterocycles. The molecule has 0 fully saturated rings. The van der Waals surface area contributed by atoms with Gasteiger partial charge in [-0.15, -0.1) is 6.58 Å². The van der Waals surface area contributed by atoms with Gasteiger partial charge in [0.25, 0.3) is 0 Å². The molecule has 0 aliphatic heterocycles. The van der Waals surface area contributed by atoms with Gasteiger partial charge in [0.15, 0.2) is 0 Å². The van der Waals surface area contributed by atoms with Crippen LogP contribution in [0.4, 0.5) is 11.5 Å². The molecule has 0 aliphatic carbocycles. The summed E-state index contributed by atoms with van der Waals surface area (Å²) in [7, 11) is 3.98. The Morgan fingerprint density at radius 2 is 2.25 bits per heavy atom. The molecule has 1 N–H and O–H groups in total. The summed E-state index contributed by atoms with van der Waals surface area (Å²) in [6.07, 6.45) is 5.96. The number of hydrogen-bond donors (Lipinski definition) is 1. The summed E-state index contributed by atoms with van der Waals surface area (Å²) >= 11 is 0. The summed E-state index contributed by atoms with van der Waals surface area (Å²) < 4.78 is 0. The van der Waals surface area contributed by atoms with Gasteiger partial charge in [-0.1, -0.05) is 6.08 Å². The zero-order valence-electron chi connectivity index (χ0n) is 10.4. The highest BCUT2D eigenvalue weighted by Crippen LogP contribution is 2.13. The highest BCUT2D eigenvalue weighted by atomic mass is 15.1. The van der Waals surface area contributed by atoms with Gasteiger partial charge >= 0.3 is 0 Å². The molecular weight excluding hydrogens is 198 g/mol. The molecule has 0 aliphatic rings. The average Bonchev–Trinajstić information content (AvgIpc) is 2.27. The van der Waals surface area contributed by atoms with Crippen LogP contribution >= 0.6 is 0 Å². The van der Waals surface area contributed by atoms with Crippen LogP contribution in [-0.4, -0.2) is 25.1 Å². The molecule has 88 valence electrons. The minimum Gasteiger partial charge on any atom is -0.381 e. The summed E-state index contributed by atoms with van der Waals surface area (Å²) in [5, 5.41) is 3.41. The standard InChI is InChI=1S/C13H21N3/c1-5-6-7-11(2)15-12-8-9-13(14-10-12)16(3)4/h5,8-11,15H,1,6-7H2,2-4H3. The summed E-state index contributed by atoms with van der Waals surface area (Å²) in [4.78, 5) is 6.35. The Kier molecular flexibility index (Phi) is 4.83. The number of pyridine rings is 1. The number of aromatic nitrogens is 1. The fourth-order valence-electron chi connectivity index (χ4n) is 1.46. The van der Waals surface area contributed by atoms with Crippen molar-refractivity contribution < 1.29 is 0 Å². The Balaban J connectivity index is 2.51. The van der Waals surface area contributed by atoms with Gasteiger partial charge in [0, 0.05) is 20.1 Å². The molecule has 0 spiro atoms. The van der Waals surface area contributed by atoms with E-state index in [4.69, 9.17) is 0 Å². The first kappa shape index (κ1) is 12.6. The third-order valence-corrected chi connectivity index (χ3v) is 2.42. The molecule has 1 atom stereocenters. The highest BCUT2D eigenvalue weighted by Gasteiger charge is 2.02. The first-order valence-corrected chi connectivity index (χ1v) is 5.64. The minimum absolute atomic E-state index is 0.449. The maximum Gasteiger partial charge on any atom is 0.128 e. The van der Waals surface area contributed by atoms with Crippen LogP contribution in [0.3, 0.4) is 0 Å². The summed E-state index contributed by atoms with van der Waals surface area (Å²) in [6, 6.07) is 4.53. The second-order valence-corrected chi connectivity index (χ2v) is 4.21. The SMILES string of the molecule is C=CCCC(C)Nc1ccc(N(C)C)nc1. The van der Waals surface area contributed by atoms with Crippen molar-refractivity contribution in [1.29, 1.82) is 0 Å². The van der Waals surface area contributed by atoms with Crippen molar-refractivity contribution in [3.05, 3.63) is 31.0 Å². The van der Waals surface area contributed by atoms with Gasteiger partial charge in [0.1, 0.15) is 5.82 Å². The normalized spacial score (nSPS) is 11.9. The van der Waals surface area contributed by atoms with E-state index in [0.29, 0.717) is 6.04 Å². The van der Waals surface area contributed by atoms with Crippen molar-refractivity contribution in [3.8, 4) is 0 Å². The molecule has 1 unspecified atom stereocenters. The van der Waals surface area contributed by atoms with Crippen molar-refractivity contribution in [3.63, 3.8) is 0 Å². The Bertz CT molecular complexity index is 316. The highest BCUT2D eigenvalue weighted by molar-refractivity contribution is 5.48. The zero-order chi connectivity index (χ0) is 12.0. The van der Waals surface area contributed by atoms with Gasteiger partial charge in [0.2, 0.25) is 0 Å². The molecular formula is C13H21N3. The lowest BCUT2D eigenvalue weighted by molar-refractivity contribution is 0.718. The van der Waals surface area contributed by atoms with Gasteiger partial charge in [0.05, 0.1) is 11.9 Å². The maximum atomic E-state index is 4.35. The fraction of sp³-hybridized carbons (Fsp3) is 0.462. The van der Waals surface area contributed by atoms with Crippen molar-refractivity contribution in [2.24, 2.45) is 0 Å². The maximum absolute atomic E-state index is 4.35. The van der Waals surface area contributed by atoms with Crippen LogP contribution in [0.25, 0.3) is 0 Å². The molecule has 3 nitrogen and oxygen atoms in total. The molecule has 0 radical (unpaired) electrons. The Hall–Kier alpha value is -1.51. The van der Waals surface area contributed by atoms with E-state index in [-0.39, 0.29) is 0 Å². The largest absolute Gasteiger partial charge is 0.381 e. The van der Waals surface area contributed by atoms with E-state index in [1.807, 2.05) is 37.3 Å². The van der Waals surface area contributed by atoms with Gasteiger partial charge in [-0.05, 0) is 31.9 Å². The summed E-state index contributed by atoms with van der Waals surface area (Å²) in [5.41, 5.74) is 1.07. The van der Waals surface area contributed by atoms with Crippen LogP contribution < -0.4 is 10.2 Å². The lowest BCUT2D eigenvalue weighted by Gasteiger charge is -2.15. The predicted octanol–water partition coefficient (Wildman–Crippen LogP) is 2.91. The van der Waals surface area contributed by atoms with Crippen LogP contribution in [0.5, 0.6) is 0 Å². The molecule has 0 bridgehead atoms. The first-order chi connectivity index (χ1) is 7.63. The molecule has 3 heteroatoms. The number of anilines is 2. The van der Waals surface area contributed by atoms with E-state index in [2.05, 4.69) is 29.9 Å². The second-order valence-electron chi connectivity index (χ2n) is 4.21. The topological polar surface area (TPSA) is 28.2 Å². The van der Waals surface area contributed by atoms with E-state index in [1.165, 1.54) is 0 Å². The molecule has 1 rings (SSSR count). The molecule has 0 amide bonds. The second kappa shape index (κ2) is 6.16. The third-order valence-electron chi connectivity index (χ3n) is 2.42. The number of hydrogen-bond acceptors (Lipinski definition) is 3. The molecule has 1 aromatic rings. The Labute approximate surface area is 98.2 Å². The van der Waals surface area contributed by atoms with E-state index in [0.717, 1.165) is 24.3 Å². The third kappa shape index (κ3) is 3.93. The Morgan fingerprint density at radius 1 is 1.50 bits per heavy atom. The van der Waals surface area contributed by atoms with Crippen molar-refractivity contribution >= 4 is 11.5 Å². The summed E-state index contributed by atoms with van der Waals surface area (Å²) in [5.74, 6) is 0.976. The minimum atomic E-state index is 0.449. The molecule has 0 aromatic carbocycles. The van der Waals surface area contributed by atoms with Crippen LogP contribution in [0.2, 0.25) is 0 Å². The molecule has 0 saturated heterocycles. The molecule has 16 heavy (non-hydrogen) atoms. The smallest absolute Gasteiger partial charge is 0.128 e. The van der Waals surface area contributed by atoms with E-state index in [9.17, 15) is 0 Å². The van der Waals surface area contributed by atoms with Gasteiger partial charge < -0.3 is 10.2 Å². The quantitative estimate of drug-likeness (QED) is 0.746. The van der Waals surface area contributed by atoms with Crippen LogP contribution in [-0.2, 0) is 0 Å². The summed E-state index contributed by atoms with van der Waals surface area (Å²) in [6.45, 7) is 5.90. The Morgan fingerprint density at radius 3 is 2.75 bits per heavy atom. The molecule has 1 aromatic heterocycles. The van der Waals surface area contributed by atoms with Crippen molar-refractivity contribution in [2.45, 2.75) is 25.8 Å². The average molecular weight is 219 g/mol.